The van der Waals surface area contributed by atoms with Crippen molar-refractivity contribution in [1.82, 2.24) is 20.3 Å². The minimum atomic E-state index is -0.799. The van der Waals surface area contributed by atoms with E-state index in [4.69, 9.17) is 0 Å². The number of carbonyl (C=O) groups excluding carboxylic acids is 1. The van der Waals surface area contributed by atoms with E-state index in [0.717, 1.165) is 6.07 Å². The number of hydrogen-bond acceptors (Lipinski definition) is 3. The van der Waals surface area contributed by atoms with Crippen LogP contribution in [0.2, 0.25) is 0 Å². The van der Waals surface area contributed by atoms with Crippen molar-refractivity contribution in [2.75, 3.05) is 0 Å². The normalized spacial score (nSPS) is 12.0. The van der Waals surface area contributed by atoms with Gasteiger partial charge in [0.1, 0.15) is 17.5 Å². The summed E-state index contributed by atoms with van der Waals surface area (Å²) in [5, 5.41) is 3.50. The highest BCUT2D eigenvalue weighted by molar-refractivity contribution is 5.89. The van der Waals surface area contributed by atoms with Gasteiger partial charge in [0.05, 0.1) is 18.2 Å². The Morgan fingerprint density at radius 2 is 1.76 bits per heavy atom. The van der Waals surface area contributed by atoms with Gasteiger partial charge in [-0.3, -0.25) is 9.78 Å². The van der Waals surface area contributed by atoms with E-state index >= 15 is 0 Å². The average molecular weight is 519 g/mol. The number of rotatable bonds is 7. The molecule has 192 valence electrons. The van der Waals surface area contributed by atoms with Crippen LogP contribution in [0.5, 0.6) is 0 Å². The topological polar surface area (TPSA) is 70.7 Å². The first-order valence-electron chi connectivity index (χ1n) is 11.8. The molecule has 0 aliphatic carbocycles. The van der Waals surface area contributed by atoms with E-state index in [1.165, 1.54) is 36.7 Å². The van der Waals surface area contributed by atoms with Crippen molar-refractivity contribution in [3.8, 4) is 11.1 Å². The maximum Gasteiger partial charge on any atom is 0.225 e. The summed E-state index contributed by atoms with van der Waals surface area (Å²) in [6, 6.07) is 11.7. The summed E-state index contributed by atoms with van der Waals surface area (Å²) in [6.45, 7) is 1.58. The second-order valence-corrected chi connectivity index (χ2v) is 9.05. The van der Waals surface area contributed by atoms with Crippen LogP contribution in [0.3, 0.4) is 0 Å². The molecule has 0 spiro atoms. The molecule has 9 heteroatoms. The second-order valence-electron chi connectivity index (χ2n) is 9.05. The summed E-state index contributed by atoms with van der Waals surface area (Å²) in [5.41, 5.74) is 3.49. The van der Waals surface area contributed by atoms with Gasteiger partial charge in [-0.25, -0.2) is 18.2 Å². The predicted molar refractivity (Wildman–Crippen MR) is 135 cm³/mol. The second kappa shape index (κ2) is 10.5. The number of amides is 1. The van der Waals surface area contributed by atoms with E-state index < -0.39 is 35.3 Å². The summed E-state index contributed by atoms with van der Waals surface area (Å²) in [5.74, 6) is -2.92. The van der Waals surface area contributed by atoms with Gasteiger partial charge in [0, 0.05) is 52.3 Å². The smallest absolute Gasteiger partial charge is 0.225 e. The van der Waals surface area contributed by atoms with Crippen LogP contribution in [0, 0.1) is 30.3 Å². The molecule has 0 bridgehead atoms. The molecule has 38 heavy (non-hydrogen) atoms. The number of aromatic amines is 1. The standard InChI is InChI=1S/C29H22F4N4O/c1-16-7-18(15-36-29(16)33)23-3-2-6-34-28(23)26(10-17-8-21(31)12-22(32)9-17)37-27(38)11-19-14-35-25-5-4-20(30)13-24(19)25/h2-9,12-15,26,35H,10-11H2,1H3,(H,37,38)/t26-/m0/s1. The first-order valence-corrected chi connectivity index (χ1v) is 11.8. The molecule has 0 fully saturated rings. The number of H-pyrrole nitrogens is 1. The number of nitrogens with one attached hydrogen (secondary N) is 2. The number of aryl methyl sites for hydroxylation is 1. The van der Waals surface area contributed by atoms with Gasteiger partial charge in [-0.2, -0.15) is 4.39 Å². The van der Waals surface area contributed by atoms with Gasteiger partial charge < -0.3 is 10.3 Å². The van der Waals surface area contributed by atoms with Crippen LogP contribution in [0.25, 0.3) is 22.0 Å². The van der Waals surface area contributed by atoms with Crippen LogP contribution in [-0.2, 0) is 17.6 Å². The molecule has 3 aromatic heterocycles. The van der Waals surface area contributed by atoms with Crippen LogP contribution >= 0.6 is 0 Å². The molecule has 5 nitrogen and oxygen atoms in total. The van der Waals surface area contributed by atoms with Crippen molar-refractivity contribution in [1.29, 1.82) is 0 Å². The van der Waals surface area contributed by atoms with Gasteiger partial charge in [-0.15, -0.1) is 0 Å². The lowest BCUT2D eigenvalue weighted by atomic mass is 9.95. The Kier molecular flexibility index (Phi) is 6.91. The van der Waals surface area contributed by atoms with Gasteiger partial charge in [0.25, 0.3) is 0 Å². The van der Waals surface area contributed by atoms with Gasteiger partial charge >= 0.3 is 0 Å². The van der Waals surface area contributed by atoms with E-state index in [1.54, 1.807) is 37.4 Å². The maximum absolute atomic E-state index is 14.0. The lowest BCUT2D eigenvalue weighted by molar-refractivity contribution is -0.121. The first-order chi connectivity index (χ1) is 18.3. The molecule has 0 aliphatic heterocycles. The molecule has 5 aromatic rings. The van der Waals surface area contributed by atoms with Crippen LogP contribution in [0.4, 0.5) is 17.6 Å². The van der Waals surface area contributed by atoms with Gasteiger partial charge in [0.15, 0.2) is 0 Å². The fraction of sp³-hybridized carbons (Fsp3) is 0.138. The largest absolute Gasteiger partial charge is 0.361 e. The molecular weight excluding hydrogens is 496 g/mol. The molecule has 0 unspecified atom stereocenters. The summed E-state index contributed by atoms with van der Waals surface area (Å²) in [6.07, 6.45) is 4.50. The Bertz CT molecular complexity index is 1630. The molecule has 1 amide bonds. The highest BCUT2D eigenvalue weighted by atomic mass is 19.1. The van der Waals surface area contributed by atoms with Crippen molar-refractivity contribution in [3.05, 3.63) is 119 Å². The van der Waals surface area contributed by atoms with Gasteiger partial charge in [0.2, 0.25) is 11.9 Å². The minimum Gasteiger partial charge on any atom is -0.361 e. The van der Waals surface area contributed by atoms with Crippen LogP contribution in [-0.4, -0.2) is 20.9 Å². The Hall–Kier alpha value is -4.53. The molecule has 2 N–H and O–H groups in total. The molecule has 1 atom stereocenters. The third-order valence-corrected chi connectivity index (χ3v) is 6.27. The SMILES string of the molecule is Cc1cc(-c2cccnc2[C@H](Cc2cc(F)cc(F)c2)NC(=O)Cc2c[nH]c3ccc(F)cc23)cnc1F. The third kappa shape index (κ3) is 5.41. The van der Waals surface area contributed by atoms with Crippen molar-refractivity contribution in [3.63, 3.8) is 0 Å². The molecule has 3 heterocycles. The zero-order valence-corrected chi connectivity index (χ0v) is 20.2. The highest BCUT2D eigenvalue weighted by Gasteiger charge is 2.22. The van der Waals surface area contributed by atoms with Gasteiger partial charge in [-0.05, 0) is 66.9 Å². The quantitative estimate of drug-likeness (QED) is 0.201. The predicted octanol–water partition coefficient (Wildman–Crippen LogP) is 6.13. The summed E-state index contributed by atoms with van der Waals surface area (Å²) < 4.78 is 55.6. The molecule has 0 saturated carbocycles. The Morgan fingerprint density at radius 1 is 0.974 bits per heavy atom. The molecule has 0 radical (unpaired) electrons. The lowest BCUT2D eigenvalue weighted by Gasteiger charge is -2.22. The number of hydrogen-bond donors (Lipinski definition) is 2. The Labute approximate surface area is 215 Å². The molecule has 0 saturated heterocycles. The maximum atomic E-state index is 14.0. The monoisotopic (exact) mass is 518 g/mol. The van der Waals surface area contributed by atoms with Crippen LogP contribution in [0.1, 0.15) is 28.4 Å². The van der Waals surface area contributed by atoms with Crippen molar-refractivity contribution in [2.45, 2.75) is 25.8 Å². The Balaban J connectivity index is 1.51. The molecule has 5 rings (SSSR count). The number of nitrogens with zero attached hydrogens (tertiary/aromatic N) is 2. The zero-order chi connectivity index (χ0) is 26.8. The lowest BCUT2D eigenvalue weighted by Crippen LogP contribution is -2.32. The van der Waals surface area contributed by atoms with Crippen LogP contribution in [0.15, 0.2) is 73.2 Å². The Morgan fingerprint density at radius 3 is 2.53 bits per heavy atom. The third-order valence-electron chi connectivity index (χ3n) is 6.27. The van der Waals surface area contributed by atoms with Crippen molar-refractivity contribution in [2.24, 2.45) is 0 Å². The van der Waals surface area contributed by atoms with Crippen molar-refractivity contribution < 1.29 is 22.4 Å². The van der Waals surface area contributed by atoms with E-state index in [2.05, 4.69) is 20.3 Å². The number of aromatic nitrogens is 3. The molecule has 2 aromatic carbocycles. The minimum absolute atomic E-state index is 0.0283. The number of halogens is 4. The fourth-order valence-corrected chi connectivity index (χ4v) is 4.54. The van der Waals surface area contributed by atoms with E-state index in [0.29, 0.717) is 44.4 Å². The first kappa shape index (κ1) is 25.1. The summed E-state index contributed by atoms with van der Waals surface area (Å²) in [4.78, 5) is 24.5. The molecule has 0 aliphatic rings. The van der Waals surface area contributed by atoms with E-state index in [1.807, 2.05) is 0 Å². The number of fused-ring (bicyclic) bond motifs is 1. The van der Waals surface area contributed by atoms with Crippen molar-refractivity contribution >= 4 is 16.8 Å². The molecular formula is C29H22F4N4O. The number of pyridine rings is 2. The number of carbonyl (C=O) groups is 1. The fourth-order valence-electron chi connectivity index (χ4n) is 4.54. The summed E-state index contributed by atoms with van der Waals surface area (Å²) >= 11 is 0. The van der Waals surface area contributed by atoms with Gasteiger partial charge in [-0.1, -0.05) is 6.07 Å². The number of benzene rings is 2. The zero-order valence-electron chi connectivity index (χ0n) is 20.2. The van der Waals surface area contributed by atoms with Crippen LogP contribution < -0.4 is 5.32 Å². The van der Waals surface area contributed by atoms with E-state index in [9.17, 15) is 22.4 Å². The van der Waals surface area contributed by atoms with E-state index in [-0.39, 0.29) is 12.8 Å². The summed E-state index contributed by atoms with van der Waals surface area (Å²) in [7, 11) is 0. The highest BCUT2D eigenvalue weighted by Crippen LogP contribution is 2.30. The average Bonchev–Trinajstić information content (AvgIpc) is 3.26.